The highest BCUT2D eigenvalue weighted by Crippen LogP contribution is 2.62. The van der Waals surface area contributed by atoms with Crippen molar-refractivity contribution in [3.8, 4) is 0 Å². The van der Waals surface area contributed by atoms with Gasteiger partial charge in [0, 0.05) is 21.6 Å². The van der Waals surface area contributed by atoms with Crippen LogP contribution in [0.5, 0.6) is 0 Å². The number of fused-ring (bicyclic) bond motifs is 4. The molecule has 2 atom stereocenters. The summed E-state index contributed by atoms with van der Waals surface area (Å²) in [6.45, 7) is 3.69. The Hall–Kier alpha value is -3.12. The Balaban J connectivity index is 1.53. The molecule has 2 heterocycles. The van der Waals surface area contributed by atoms with Gasteiger partial charge in [-0.05, 0) is 50.2 Å². The molecule has 0 aromatic heterocycles. The van der Waals surface area contributed by atoms with Crippen molar-refractivity contribution in [1.82, 2.24) is 0 Å². The quantitative estimate of drug-likeness (QED) is 0.294. The molecule has 0 spiro atoms. The van der Waals surface area contributed by atoms with Crippen LogP contribution in [0, 0.1) is 11.6 Å². The maximum Gasteiger partial charge on any atom is 0.416 e. The fourth-order valence-electron chi connectivity index (χ4n) is 5.02. The molecule has 0 fully saturated rings. The molecule has 0 N–H and O–H groups in total. The van der Waals surface area contributed by atoms with Crippen LogP contribution in [0.25, 0.3) is 11.4 Å². The van der Waals surface area contributed by atoms with Crippen LogP contribution in [0.3, 0.4) is 0 Å². The fourth-order valence-corrected chi connectivity index (χ4v) is 7.91. The first-order valence-electron chi connectivity index (χ1n) is 11.8. The Morgan fingerprint density at radius 3 is 1.20 bits per heavy atom. The van der Waals surface area contributed by atoms with Crippen molar-refractivity contribution < 1.29 is 35.1 Å². The van der Waals surface area contributed by atoms with Crippen molar-refractivity contribution >= 4 is 45.0 Å². The summed E-state index contributed by atoms with van der Waals surface area (Å²) in [6, 6.07) is 11.1. The molecule has 0 radical (unpaired) electrons. The van der Waals surface area contributed by atoms with Crippen LogP contribution >= 0.6 is 23.5 Å². The van der Waals surface area contributed by atoms with Gasteiger partial charge in [0.1, 0.15) is 10.1 Å². The molecule has 40 heavy (non-hydrogen) atoms. The molecule has 3 aliphatic rings. The van der Waals surface area contributed by atoms with Gasteiger partial charge < -0.3 is 0 Å². The maximum absolute atomic E-state index is 14.5. The van der Waals surface area contributed by atoms with Gasteiger partial charge in [0.25, 0.3) is 0 Å². The monoisotopic (exact) mass is 596 g/mol. The van der Waals surface area contributed by atoms with Gasteiger partial charge in [0.15, 0.2) is 11.6 Å². The largest absolute Gasteiger partial charge is 0.416 e. The number of aliphatic imine (C=N–C) groups is 2. The van der Waals surface area contributed by atoms with Crippen LogP contribution < -0.4 is 10.4 Å². The molecular weight excluding hydrogens is 580 g/mol. The molecule has 0 saturated carbocycles. The minimum Gasteiger partial charge on any atom is -0.244 e. The Morgan fingerprint density at radius 2 is 0.900 bits per heavy atom. The van der Waals surface area contributed by atoms with Crippen molar-refractivity contribution in [3.05, 3.63) is 105 Å². The Bertz CT molecular complexity index is 1630. The minimum atomic E-state index is -4.51. The van der Waals surface area contributed by atoms with E-state index in [0.29, 0.717) is 43.0 Å². The highest BCUT2D eigenvalue weighted by atomic mass is 32.2. The summed E-state index contributed by atoms with van der Waals surface area (Å²) in [6.07, 6.45) is -9.02. The van der Waals surface area contributed by atoms with Gasteiger partial charge in [0.2, 0.25) is 0 Å². The predicted molar refractivity (Wildman–Crippen MR) is 140 cm³/mol. The van der Waals surface area contributed by atoms with Gasteiger partial charge in [0.05, 0.1) is 32.0 Å². The summed E-state index contributed by atoms with van der Waals surface area (Å²) >= 11 is 2.53. The van der Waals surface area contributed by atoms with Crippen molar-refractivity contribution in [2.45, 2.75) is 35.7 Å². The maximum atomic E-state index is 14.5. The standard InChI is InChI=1S/C28H16F8N2S2/c1-25-21(37-23(39-25)13-3-7-15(8-4-13)27(31,32)33)17-11-19(29)20(30)12-18(17)22-26(25,2)40-24(38-22)14-5-9-16(10-6-14)28(34,35)36/h3-12H,1-2H3. The van der Waals surface area contributed by atoms with E-state index in [9.17, 15) is 35.1 Å². The molecule has 0 amide bonds. The topological polar surface area (TPSA) is 24.7 Å². The fraction of sp³-hybridized carbons (Fsp3) is 0.214. The zero-order valence-electron chi connectivity index (χ0n) is 20.5. The molecule has 0 saturated heterocycles. The van der Waals surface area contributed by atoms with E-state index in [-0.39, 0.29) is 0 Å². The smallest absolute Gasteiger partial charge is 0.244 e. The Labute approximate surface area is 230 Å². The highest BCUT2D eigenvalue weighted by Gasteiger charge is 2.59. The lowest BCUT2D eigenvalue weighted by Gasteiger charge is -2.42. The van der Waals surface area contributed by atoms with Gasteiger partial charge in [-0.3, -0.25) is 0 Å². The average Bonchev–Trinajstić information content (AvgIpc) is 3.44. The Kier molecular flexibility index (Phi) is 5.88. The van der Waals surface area contributed by atoms with Crippen molar-refractivity contribution in [2.75, 3.05) is 0 Å². The molecule has 206 valence electrons. The predicted octanol–water partition coefficient (Wildman–Crippen LogP) is 7.14. The van der Waals surface area contributed by atoms with Crippen molar-refractivity contribution in [1.29, 1.82) is 0 Å². The first-order chi connectivity index (χ1) is 18.6. The van der Waals surface area contributed by atoms with Crippen LogP contribution in [-0.4, -0.2) is 19.6 Å². The summed E-state index contributed by atoms with van der Waals surface area (Å²) < 4.78 is 106. The molecule has 6 rings (SSSR count). The molecule has 3 aromatic rings. The van der Waals surface area contributed by atoms with Gasteiger partial charge in [-0.1, -0.05) is 47.8 Å². The van der Waals surface area contributed by atoms with Gasteiger partial charge in [-0.15, -0.1) is 0 Å². The second-order valence-electron chi connectivity index (χ2n) is 9.76. The zero-order valence-corrected chi connectivity index (χ0v) is 22.1. The second-order valence-corrected chi connectivity index (χ2v) is 12.6. The third-order valence-corrected chi connectivity index (χ3v) is 10.5. The van der Waals surface area contributed by atoms with E-state index in [2.05, 4.69) is 0 Å². The third kappa shape index (κ3) is 4.01. The molecule has 1 aliphatic carbocycles. The van der Waals surface area contributed by atoms with E-state index in [0.717, 1.165) is 36.4 Å². The summed E-state index contributed by atoms with van der Waals surface area (Å²) in [4.78, 5) is 9.44. The molecule has 12 heteroatoms. The zero-order chi connectivity index (χ0) is 28.8. The van der Waals surface area contributed by atoms with Gasteiger partial charge in [-0.25, -0.2) is 18.8 Å². The highest BCUT2D eigenvalue weighted by molar-refractivity contribution is 8.20. The van der Waals surface area contributed by atoms with Crippen LogP contribution in [-0.2, 0) is 12.4 Å². The summed E-state index contributed by atoms with van der Waals surface area (Å²) in [7, 11) is 0. The van der Waals surface area contributed by atoms with Crippen LogP contribution in [0.15, 0.2) is 70.6 Å². The van der Waals surface area contributed by atoms with E-state index in [1.54, 1.807) is 0 Å². The number of thioether (sulfide) groups is 2. The Morgan fingerprint density at radius 1 is 0.575 bits per heavy atom. The first-order valence-corrected chi connectivity index (χ1v) is 13.4. The van der Waals surface area contributed by atoms with E-state index in [1.807, 2.05) is 13.8 Å². The number of rotatable bonds is 2. The molecule has 2 unspecified atom stereocenters. The number of alkyl halides is 6. The van der Waals surface area contributed by atoms with Gasteiger partial charge >= 0.3 is 12.4 Å². The number of hydrogen-bond donors (Lipinski definition) is 0. The van der Waals surface area contributed by atoms with Crippen molar-refractivity contribution in [3.63, 3.8) is 0 Å². The van der Waals surface area contributed by atoms with Crippen LogP contribution in [0.2, 0.25) is 0 Å². The van der Waals surface area contributed by atoms with E-state index >= 15 is 0 Å². The number of halogens is 8. The number of nitrogens with zero attached hydrogens (tertiary/aromatic N) is 2. The minimum absolute atomic E-state index is 0.293. The van der Waals surface area contributed by atoms with E-state index < -0.39 is 44.6 Å². The summed E-state index contributed by atoms with van der Waals surface area (Å²) in [5.41, 5.74) is 0.0162. The molecule has 0 bridgehead atoms. The SMILES string of the molecule is CC12SC(c3ccc(C(F)(F)F)cc3)=NC1=c1cc(F)c(F)cc1=C1N=C(c3ccc(C(F)(F)F)cc3)SC12C. The number of hydrogen-bond acceptors (Lipinski definition) is 4. The third-order valence-electron chi connectivity index (χ3n) is 7.33. The lowest BCUT2D eigenvalue weighted by atomic mass is 9.82. The summed E-state index contributed by atoms with van der Waals surface area (Å²) in [5, 5.41) is 1.38. The molecule has 2 nitrogen and oxygen atoms in total. The summed E-state index contributed by atoms with van der Waals surface area (Å²) in [5.74, 6) is -2.20. The van der Waals surface area contributed by atoms with Crippen LogP contribution in [0.4, 0.5) is 35.1 Å². The average molecular weight is 597 g/mol. The molecule has 2 aliphatic heterocycles. The molecule has 3 aromatic carbocycles. The normalized spacial score (nSPS) is 23.9. The second kappa shape index (κ2) is 8.69. The first kappa shape index (κ1) is 27.1. The van der Waals surface area contributed by atoms with Crippen LogP contribution in [0.1, 0.15) is 36.1 Å². The van der Waals surface area contributed by atoms with Gasteiger partial charge in [-0.2, -0.15) is 26.3 Å². The number of benzene rings is 3. The lowest BCUT2D eigenvalue weighted by Crippen LogP contribution is -2.53. The van der Waals surface area contributed by atoms with E-state index in [1.165, 1.54) is 47.8 Å². The molecular formula is C28H16F8N2S2. The lowest BCUT2D eigenvalue weighted by molar-refractivity contribution is -0.138. The van der Waals surface area contributed by atoms with E-state index in [4.69, 9.17) is 9.98 Å². The van der Waals surface area contributed by atoms with Crippen molar-refractivity contribution in [2.24, 2.45) is 9.98 Å².